The molecule has 1 aliphatic heterocycles. The standard InChI is InChI=1S/C23H24BrN3O3S/c1-23(2)13-30-8-7-26(23)22(28)20-16-5-4-14-10-19(29-3)18(24)11-17(14)21(16)27(25-20)15-6-9-31-12-15/h6,9-12H,4-5,7-8,13H2,1-3H3. The number of morpholine rings is 1. The molecule has 1 aromatic carbocycles. The van der Waals surface area contributed by atoms with Gasteiger partial charge in [-0.3, -0.25) is 4.79 Å². The monoisotopic (exact) mass is 501 g/mol. The molecule has 0 radical (unpaired) electrons. The number of carbonyl (C=O) groups excluding carboxylic acids is 1. The number of aryl methyl sites for hydroxylation is 1. The van der Waals surface area contributed by atoms with Gasteiger partial charge in [-0.25, -0.2) is 4.68 Å². The smallest absolute Gasteiger partial charge is 0.275 e. The predicted octanol–water partition coefficient (Wildman–Crippen LogP) is 4.72. The Balaban J connectivity index is 1.69. The Kier molecular flexibility index (Phi) is 5.19. The Labute approximate surface area is 193 Å². The molecule has 2 aromatic heterocycles. The molecule has 1 amide bonds. The maximum Gasteiger partial charge on any atom is 0.275 e. The Morgan fingerprint density at radius 1 is 1.32 bits per heavy atom. The predicted molar refractivity (Wildman–Crippen MR) is 124 cm³/mol. The lowest BCUT2D eigenvalue weighted by Gasteiger charge is -2.41. The number of thiophene rings is 1. The Bertz CT molecular complexity index is 1150. The number of aromatic nitrogens is 2. The third kappa shape index (κ3) is 3.41. The fraction of sp³-hybridized carbons (Fsp3) is 0.391. The molecule has 0 spiro atoms. The molecule has 0 unspecified atom stereocenters. The highest BCUT2D eigenvalue weighted by atomic mass is 79.9. The molecule has 0 N–H and O–H groups in total. The SMILES string of the molecule is COc1cc2c(cc1Br)-c1c(c(C(=O)N3CCOCC3(C)C)nn1-c1ccsc1)CC2. The third-order valence-electron chi connectivity index (χ3n) is 6.10. The number of nitrogens with zero attached hydrogens (tertiary/aromatic N) is 3. The molecule has 1 fully saturated rings. The minimum atomic E-state index is -0.364. The minimum absolute atomic E-state index is 0.0189. The zero-order valence-corrected chi connectivity index (χ0v) is 20.2. The fourth-order valence-corrected chi connectivity index (χ4v) is 5.62. The van der Waals surface area contributed by atoms with Crippen molar-refractivity contribution in [1.29, 1.82) is 0 Å². The van der Waals surface area contributed by atoms with E-state index in [0.29, 0.717) is 25.5 Å². The van der Waals surface area contributed by atoms with E-state index >= 15 is 0 Å². The fourth-order valence-electron chi connectivity index (χ4n) is 4.50. The summed E-state index contributed by atoms with van der Waals surface area (Å²) in [5.41, 5.74) is 5.47. The van der Waals surface area contributed by atoms with Crippen LogP contribution in [0.2, 0.25) is 0 Å². The number of hydrogen-bond acceptors (Lipinski definition) is 5. The summed E-state index contributed by atoms with van der Waals surface area (Å²) in [6.07, 6.45) is 1.61. The second-order valence-electron chi connectivity index (χ2n) is 8.53. The second-order valence-corrected chi connectivity index (χ2v) is 10.2. The number of carbonyl (C=O) groups is 1. The van der Waals surface area contributed by atoms with Gasteiger partial charge in [0.2, 0.25) is 0 Å². The van der Waals surface area contributed by atoms with Crippen LogP contribution in [0, 0.1) is 0 Å². The number of methoxy groups -OCH3 is 1. The largest absolute Gasteiger partial charge is 0.496 e. The van der Waals surface area contributed by atoms with Crippen LogP contribution in [0.4, 0.5) is 0 Å². The van der Waals surface area contributed by atoms with Crippen molar-refractivity contribution < 1.29 is 14.3 Å². The van der Waals surface area contributed by atoms with E-state index in [1.807, 2.05) is 34.9 Å². The van der Waals surface area contributed by atoms with Crippen molar-refractivity contribution >= 4 is 33.2 Å². The number of halogens is 1. The second kappa shape index (κ2) is 7.76. The number of hydrogen-bond donors (Lipinski definition) is 0. The van der Waals surface area contributed by atoms with Crippen molar-refractivity contribution in [2.75, 3.05) is 26.9 Å². The van der Waals surface area contributed by atoms with Crippen LogP contribution in [0.3, 0.4) is 0 Å². The van der Waals surface area contributed by atoms with E-state index in [-0.39, 0.29) is 11.4 Å². The van der Waals surface area contributed by atoms with Gasteiger partial charge in [0.05, 0.1) is 41.7 Å². The van der Waals surface area contributed by atoms with E-state index in [9.17, 15) is 4.79 Å². The summed E-state index contributed by atoms with van der Waals surface area (Å²) < 4.78 is 14.0. The molecule has 162 valence electrons. The molecule has 31 heavy (non-hydrogen) atoms. The first kappa shape index (κ1) is 20.7. The van der Waals surface area contributed by atoms with Crippen LogP contribution < -0.4 is 4.74 Å². The van der Waals surface area contributed by atoms with Crippen LogP contribution in [-0.4, -0.2) is 53.0 Å². The Morgan fingerprint density at radius 2 is 2.16 bits per heavy atom. The van der Waals surface area contributed by atoms with Crippen LogP contribution in [0.1, 0.15) is 35.5 Å². The number of rotatable bonds is 3. The van der Waals surface area contributed by atoms with Crippen molar-refractivity contribution in [2.45, 2.75) is 32.2 Å². The van der Waals surface area contributed by atoms with E-state index in [1.54, 1.807) is 18.4 Å². The molecule has 5 rings (SSSR count). The van der Waals surface area contributed by atoms with Crippen molar-refractivity contribution in [2.24, 2.45) is 0 Å². The van der Waals surface area contributed by atoms with Crippen LogP contribution in [-0.2, 0) is 17.6 Å². The van der Waals surface area contributed by atoms with Gasteiger partial charge in [-0.2, -0.15) is 16.4 Å². The molecule has 3 aromatic rings. The maximum absolute atomic E-state index is 13.7. The average molecular weight is 502 g/mol. The van der Waals surface area contributed by atoms with Crippen LogP contribution >= 0.6 is 27.3 Å². The highest BCUT2D eigenvalue weighted by molar-refractivity contribution is 9.10. The third-order valence-corrected chi connectivity index (χ3v) is 7.39. The first-order valence-corrected chi connectivity index (χ1v) is 12.1. The summed E-state index contributed by atoms with van der Waals surface area (Å²) in [6, 6.07) is 6.21. The molecule has 0 atom stereocenters. The van der Waals surface area contributed by atoms with E-state index in [4.69, 9.17) is 14.6 Å². The van der Waals surface area contributed by atoms with E-state index < -0.39 is 0 Å². The molecule has 0 saturated carbocycles. The average Bonchev–Trinajstić information content (AvgIpc) is 3.40. The molecule has 1 saturated heterocycles. The summed E-state index contributed by atoms with van der Waals surface area (Å²) in [4.78, 5) is 15.6. The summed E-state index contributed by atoms with van der Waals surface area (Å²) >= 11 is 5.25. The minimum Gasteiger partial charge on any atom is -0.496 e. The summed E-state index contributed by atoms with van der Waals surface area (Å²) in [5, 5.41) is 8.98. The van der Waals surface area contributed by atoms with Crippen molar-refractivity contribution in [3.8, 4) is 22.7 Å². The Morgan fingerprint density at radius 3 is 2.87 bits per heavy atom. The molecule has 3 heterocycles. The molecule has 8 heteroatoms. The first-order valence-electron chi connectivity index (χ1n) is 10.3. The number of fused-ring (bicyclic) bond motifs is 3. The van der Waals surface area contributed by atoms with Crippen molar-refractivity contribution in [3.05, 3.63) is 50.3 Å². The van der Waals surface area contributed by atoms with Gasteiger partial charge in [0.25, 0.3) is 5.91 Å². The molecule has 2 aliphatic rings. The molecule has 0 bridgehead atoms. The molecular formula is C23H24BrN3O3S. The lowest BCUT2D eigenvalue weighted by molar-refractivity contribution is -0.0373. The maximum atomic E-state index is 13.7. The highest BCUT2D eigenvalue weighted by Crippen LogP contribution is 2.42. The van der Waals surface area contributed by atoms with Crippen LogP contribution in [0.5, 0.6) is 5.75 Å². The molecule has 6 nitrogen and oxygen atoms in total. The number of benzene rings is 1. The van der Waals surface area contributed by atoms with Gasteiger partial charge in [0.1, 0.15) is 5.75 Å². The molecular weight excluding hydrogens is 478 g/mol. The van der Waals surface area contributed by atoms with Gasteiger partial charge >= 0.3 is 0 Å². The lowest BCUT2D eigenvalue weighted by Crippen LogP contribution is -2.55. The van der Waals surface area contributed by atoms with Crippen LogP contribution in [0.25, 0.3) is 16.9 Å². The van der Waals surface area contributed by atoms with E-state index in [2.05, 4.69) is 33.4 Å². The summed E-state index contributed by atoms with van der Waals surface area (Å²) in [5.74, 6) is 0.796. The summed E-state index contributed by atoms with van der Waals surface area (Å²) in [7, 11) is 1.68. The highest BCUT2D eigenvalue weighted by Gasteiger charge is 2.38. The van der Waals surface area contributed by atoms with Crippen molar-refractivity contribution in [1.82, 2.24) is 14.7 Å². The quantitative estimate of drug-likeness (QED) is 0.520. The zero-order valence-electron chi connectivity index (χ0n) is 17.8. The van der Waals surface area contributed by atoms with Gasteiger partial charge in [0.15, 0.2) is 5.69 Å². The van der Waals surface area contributed by atoms with Gasteiger partial charge in [-0.15, -0.1) is 0 Å². The summed E-state index contributed by atoms with van der Waals surface area (Å²) in [6.45, 7) is 5.75. The van der Waals surface area contributed by atoms with Gasteiger partial charge in [0, 0.05) is 23.1 Å². The van der Waals surface area contributed by atoms with Crippen molar-refractivity contribution in [3.63, 3.8) is 0 Å². The van der Waals surface area contributed by atoms with E-state index in [0.717, 1.165) is 45.6 Å². The molecule has 1 aliphatic carbocycles. The Hall–Kier alpha value is -2.16. The lowest BCUT2D eigenvalue weighted by atomic mass is 9.88. The van der Waals surface area contributed by atoms with Gasteiger partial charge < -0.3 is 14.4 Å². The topological polar surface area (TPSA) is 56.6 Å². The number of ether oxygens (including phenoxy) is 2. The van der Waals surface area contributed by atoms with E-state index in [1.165, 1.54) is 5.56 Å². The first-order chi connectivity index (χ1) is 14.9. The normalized spacial score (nSPS) is 17.2. The zero-order chi connectivity index (χ0) is 21.8. The number of amides is 1. The van der Waals surface area contributed by atoms with Crippen LogP contribution in [0.15, 0.2) is 33.4 Å². The van der Waals surface area contributed by atoms with Gasteiger partial charge in [-0.05, 0) is 71.8 Å². The van der Waals surface area contributed by atoms with Gasteiger partial charge in [-0.1, -0.05) is 0 Å².